The molecule has 19 heteroatoms. The van der Waals surface area contributed by atoms with E-state index in [0.29, 0.717) is 25.7 Å². The molecule has 0 aromatic heterocycles. The third-order valence-electron chi connectivity index (χ3n) is 17.9. The summed E-state index contributed by atoms with van der Waals surface area (Å²) in [5.74, 6) is -0.462. The van der Waals surface area contributed by atoms with Gasteiger partial charge in [0, 0.05) is 25.7 Å². The van der Waals surface area contributed by atoms with Crippen molar-refractivity contribution < 1.29 is 80.2 Å². The molecule has 93 heavy (non-hydrogen) atoms. The van der Waals surface area contributed by atoms with Gasteiger partial charge in [0.25, 0.3) is 0 Å². The lowest BCUT2D eigenvalue weighted by Crippen LogP contribution is -2.30. The van der Waals surface area contributed by atoms with Gasteiger partial charge in [-0.15, -0.1) is 0 Å². The first-order valence-electron chi connectivity index (χ1n) is 38.6. The molecule has 0 bridgehead atoms. The number of carbonyl (C=O) groups excluding carboxylic acids is 4. The molecule has 0 saturated carbocycles. The van der Waals surface area contributed by atoms with Gasteiger partial charge < -0.3 is 33.8 Å². The minimum absolute atomic E-state index is 0.107. The van der Waals surface area contributed by atoms with Crippen molar-refractivity contribution in [3.05, 3.63) is 0 Å². The number of hydrogen-bond acceptors (Lipinski definition) is 15. The molecule has 3 N–H and O–H groups in total. The molecule has 17 nitrogen and oxygen atoms in total. The molecule has 0 radical (unpaired) electrons. The SMILES string of the molecule is CCCCCCCCCCCCCC(=O)O[C@H](COC(=O)CCCCCCCCCCCC)COP(=O)(O)OC[C@H](O)COP(=O)(O)OC[C@@H](COC(=O)CCCCCCCCCCCCC(C)CC)OC(=O)CCCCCCCCCCCCCCCCC(C)CC. The molecule has 7 atom stereocenters. The van der Waals surface area contributed by atoms with Crippen LogP contribution >= 0.6 is 15.6 Å². The number of phosphoric acid groups is 2. The first kappa shape index (κ1) is 91.1. The largest absolute Gasteiger partial charge is 0.472 e. The highest BCUT2D eigenvalue weighted by atomic mass is 31.2. The Balaban J connectivity index is 5.24. The molecule has 0 aliphatic rings. The van der Waals surface area contributed by atoms with E-state index in [1.807, 2.05) is 0 Å². The lowest BCUT2D eigenvalue weighted by Gasteiger charge is -2.21. The molecule has 552 valence electrons. The van der Waals surface area contributed by atoms with E-state index in [0.717, 1.165) is 102 Å². The zero-order chi connectivity index (χ0) is 68.6. The molecular weight excluding hydrogens is 1220 g/mol. The minimum Gasteiger partial charge on any atom is -0.462 e. The maximum Gasteiger partial charge on any atom is 0.472 e. The fraction of sp³-hybridized carbons (Fsp3) is 0.946. The number of phosphoric ester groups is 2. The molecule has 0 amide bonds. The van der Waals surface area contributed by atoms with E-state index >= 15 is 0 Å². The van der Waals surface area contributed by atoms with Gasteiger partial charge in [-0.05, 0) is 37.5 Å². The summed E-state index contributed by atoms with van der Waals surface area (Å²) in [5, 5.41) is 10.6. The number of aliphatic hydroxyl groups excluding tert-OH is 1. The Morgan fingerprint density at radius 3 is 0.763 bits per heavy atom. The molecule has 0 heterocycles. The number of esters is 4. The number of aliphatic hydroxyl groups is 1. The van der Waals surface area contributed by atoms with Crippen LogP contribution in [0.25, 0.3) is 0 Å². The number of ether oxygens (including phenoxy) is 4. The van der Waals surface area contributed by atoms with Crippen molar-refractivity contribution in [1.29, 1.82) is 0 Å². The molecule has 0 saturated heterocycles. The first-order valence-corrected chi connectivity index (χ1v) is 41.6. The fourth-order valence-corrected chi connectivity index (χ4v) is 12.8. The summed E-state index contributed by atoms with van der Waals surface area (Å²) < 4.78 is 68.4. The van der Waals surface area contributed by atoms with Crippen molar-refractivity contribution in [1.82, 2.24) is 0 Å². The molecule has 0 aromatic rings. The van der Waals surface area contributed by atoms with Gasteiger partial charge in [-0.1, -0.05) is 330 Å². The smallest absolute Gasteiger partial charge is 0.462 e. The molecule has 0 rings (SSSR count). The van der Waals surface area contributed by atoms with Gasteiger partial charge in [0.1, 0.15) is 19.3 Å². The molecular formula is C74H144O17P2. The molecule has 0 fully saturated rings. The van der Waals surface area contributed by atoms with Gasteiger partial charge in [-0.25, -0.2) is 9.13 Å². The summed E-state index contributed by atoms with van der Waals surface area (Å²) in [7, 11) is -9.91. The van der Waals surface area contributed by atoms with E-state index in [9.17, 15) is 43.2 Å². The van der Waals surface area contributed by atoms with Crippen molar-refractivity contribution in [3.8, 4) is 0 Å². The maximum atomic E-state index is 13.1. The van der Waals surface area contributed by atoms with Crippen LogP contribution in [0.3, 0.4) is 0 Å². The van der Waals surface area contributed by atoms with Crippen LogP contribution in [0.5, 0.6) is 0 Å². The van der Waals surface area contributed by atoms with Crippen LogP contribution in [0.1, 0.15) is 382 Å². The second-order valence-corrected chi connectivity index (χ2v) is 30.1. The van der Waals surface area contributed by atoms with Crippen molar-refractivity contribution in [3.63, 3.8) is 0 Å². The van der Waals surface area contributed by atoms with E-state index in [2.05, 4.69) is 41.5 Å². The number of hydrogen-bond donors (Lipinski definition) is 3. The maximum absolute atomic E-state index is 13.1. The molecule has 0 aromatic carbocycles. The Hall–Kier alpha value is -1.94. The van der Waals surface area contributed by atoms with Crippen LogP contribution in [0.15, 0.2) is 0 Å². The van der Waals surface area contributed by atoms with Gasteiger partial charge in [-0.2, -0.15) is 0 Å². The Labute approximate surface area is 568 Å². The van der Waals surface area contributed by atoms with E-state index < -0.39 is 97.5 Å². The van der Waals surface area contributed by atoms with Crippen molar-refractivity contribution >= 4 is 39.5 Å². The van der Waals surface area contributed by atoms with Gasteiger partial charge in [-0.3, -0.25) is 37.3 Å². The Kier molecular flexibility index (Phi) is 64.6. The first-order chi connectivity index (χ1) is 44.9. The standard InChI is InChI=1S/C74H144O17P2/c1-7-11-13-15-17-19-25-34-40-46-52-58-73(78)90-69(62-84-71(76)56-50-44-38-32-20-18-16-14-12-8-2)64-88-92(80,81)86-60-68(75)61-87-93(82,83)89-65-70(63-85-72(77)57-51-45-39-33-29-28-31-37-43-49-55-67(6)10-4)91-74(79)59-53-47-41-35-27-24-22-21-23-26-30-36-42-48-54-66(5)9-3/h66-70,75H,7-65H2,1-6H3,(H,80,81)(H,82,83)/t66?,67?,68-,69+,70+/m0/s1. The molecule has 4 unspecified atom stereocenters. The van der Waals surface area contributed by atoms with E-state index in [1.54, 1.807) is 0 Å². The van der Waals surface area contributed by atoms with Gasteiger partial charge in [0.05, 0.1) is 26.4 Å². The van der Waals surface area contributed by atoms with E-state index in [1.165, 1.54) is 199 Å². The summed E-state index contributed by atoms with van der Waals surface area (Å²) in [6.45, 7) is 9.65. The van der Waals surface area contributed by atoms with E-state index in [4.69, 9.17) is 37.0 Å². The number of carbonyl (C=O) groups is 4. The normalized spacial score (nSPS) is 14.6. The lowest BCUT2D eigenvalue weighted by molar-refractivity contribution is -0.161. The highest BCUT2D eigenvalue weighted by molar-refractivity contribution is 7.47. The minimum atomic E-state index is -4.96. The summed E-state index contributed by atoms with van der Waals surface area (Å²) in [4.78, 5) is 72.7. The average Bonchev–Trinajstić information content (AvgIpc) is 1.69. The topological polar surface area (TPSA) is 237 Å². The summed E-state index contributed by atoms with van der Waals surface area (Å²) in [6, 6.07) is 0. The second kappa shape index (κ2) is 66.0. The predicted molar refractivity (Wildman–Crippen MR) is 377 cm³/mol. The van der Waals surface area contributed by atoms with Gasteiger partial charge in [0.2, 0.25) is 0 Å². The van der Waals surface area contributed by atoms with Crippen LogP contribution < -0.4 is 0 Å². The lowest BCUT2D eigenvalue weighted by atomic mass is 9.99. The third kappa shape index (κ3) is 65.8. The fourth-order valence-electron chi connectivity index (χ4n) is 11.2. The predicted octanol–water partition coefficient (Wildman–Crippen LogP) is 21.6. The zero-order valence-electron chi connectivity index (χ0n) is 60.6. The van der Waals surface area contributed by atoms with Crippen molar-refractivity contribution in [2.45, 2.75) is 400 Å². The van der Waals surface area contributed by atoms with Crippen LogP contribution in [0, 0.1) is 11.8 Å². The molecule has 0 spiro atoms. The van der Waals surface area contributed by atoms with Crippen LogP contribution in [0.2, 0.25) is 0 Å². The summed E-state index contributed by atoms with van der Waals surface area (Å²) in [6.07, 6.45) is 52.4. The highest BCUT2D eigenvalue weighted by Gasteiger charge is 2.30. The highest BCUT2D eigenvalue weighted by Crippen LogP contribution is 2.45. The Bertz CT molecular complexity index is 1810. The zero-order valence-corrected chi connectivity index (χ0v) is 62.3. The average molecular weight is 1370 g/mol. The van der Waals surface area contributed by atoms with Crippen molar-refractivity contribution in [2.75, 3.05) is 39.6 Å². The second-order valence-electron chi connectivity index (χ2n) is 27.2. The Morgan fingerprint density at radius 2 is 0.516 bits per heavy atom. The van der Waals surface area contributed by atoms with E-state index in [-0.39, 0.29) is 25.7 Å². The molecule has 0 aliphatic heterocycles. The Morgan fingerprint density at radius 1 is 0.301 bits per heavy atom. The van der Waals surface area contributed by atoms with Crippen LogP contribution in [-0.4, -0.2) is 96.7 Å². The number of rotatable bonds is 73. The van der Waals surface area contributed by atoms with Gasteiger partial charge in [0.15, 0.2) is 12.2 Å². The molecule has 0 aliphatic carbocycles. The van der Waals surface area contributed by atoms with Crippen LogP contribution in [-0.2, 0) is 65.4 Å². The monoisotopic (exact) mass is 1370 g/mol. The number of unbranched alkanes of at least 4 members (excludes halogenated alkanes) is 41. The third-order valence-corrected chi connectivity index (χ3v) is 19.8. The summed E-state index contributed by atoms with van der Waals surface area (Å²) >= 11 is 0. The van der Waals surface area contributed by atoms with Crippen molar-refractivity contribution in [2.24, 2.45) is 11.8 Å². The van der Waals surface area contributed by atoms with Crippen LogP contribution in [0.4, 0.5) is 0 Å². The van der Waals surface area contributed by atoms with Gasteiger partial charge >= 0.3 is 39.5 Å². The summed E-state index contributed by atoms with van der Waals surface area (Å²) in [5.41, 5.74) is 0. The quantitative estimate of drug-likeness (QED) is 0.0222.